The lowest BCUT2D eigenvalue weighted by molar-refractivity contribution is 0.0940. The quantitative estimate of drug-likeness (QED) is 0.630. The summed E-state index contributed by atoms with van der Waals surface area (Å²) < 4.78 is 26.7. The molecule has 1 amide bonds. The molecule has 5 nitrogen and oxygen atoms in total. The summed E-state index contributed by atoms with van der Waals surface area (Å²) in [6, 6.07) is 20.8. The lowest BCUT2D eigenvalue weighted by Gasteiger charge is -2.20. The largest absolute Gasteiger partial charge is 0.346 e. The van der Waals surface area contributed by atoms with Gasteiger partial charge in [-0.1, -0.05) is 42.0 Å². The molecule has 0 radical (unpaired) electrons. The Balaban J connectivity index is 1.75. The molecular weight excluding hydrogens is 396 g/mol. The Morgan fingerprint density at radius 1 is 0.933 bits per heavy atom. The maximum absolute atomic E-state index is 12.8. The topological polar surface area (TPSA) is 66.5 Å². The van der Waals surface area contributed by atoms with Gasteiger partial charge in [-0.05, 0) is 68.3 Å². The molecule has 0 aliphatic carbocycles. The number of benzene rings is 3. The summed E-state index contributed by atoms with van der Waals surface area (Å²) in [6.07, 6.45) is 0. The first-order valence-electron chi connectivity index (χ1n) is 9.72. The fraction of sp³-hybridized carbons (Fsp3) is 0.208. The maximum atomic E-state index is 12.8. The lowest BCUT2D eigenvalue weighted by atomic mass is 9.99. The summed E-state index contributed by atoms with van der Waals surface area (Å²) in [7, 11) is -2.16. The van der Waals surface area contributed by atoms with Crippen LogP contribution in [0.1, 0.15) is 40.0 Å². The fourth-order valence-electron chi connectivity index (χ4n) is 3.30. The molecule has 0 fully saturated rings. The molecule has 6 heteroatoms. The second-order valence-corrected chi connectivity index (χ2v) is 9.36. The van der Waals surface area contributed by atoms with Crippen LogP contribution in [0.4, 0.5) is 5.69 Å². The van der Waals surface area contributed by atoms with Gasteiger partial charge >= 0.3 is 0 Å². The van der Waals surface area contributed by atoms with E-state index in [4.69, 9.17) is 0 Å². The molecule has 156 valence electrons. The van der Waals surface area contributed by atoms with E-state index in [1.165, 1.54) is 11.4 Å². The molecule has 0 heterocycles. The van der Waals surface area contributed by atoms with Crippen molar-refractivity contribution >= 4 is 21.6 Å². The first-order valence-corrected chi connectivity index (χ1v) is 11.2. The number of nitrogens with one attached hydrogen (secondary N) is 1. The lowest BCUT2D eigenvalue weighted by Crippen LogP contribution is -2.28. The maximum Gasteiger partial charge on any atom is 0.264 e. The Morgan fingerprint density at radius 2 is 1.57 bits per heavy atom. The molecule has 3 rings (SSSR count). The van der Waals surface area contributed by atoms with E-state index in [9.17, 15) is 13.2 Å². The van der Waals surface area contributed by atoms with Gasteiger partial charge in [0.05, 0.1) is 16.6 Å². The van der Waals surface area contributed by atoms with Gasteiger partial charge in [-0.25, -0.2) is 8.42 Å². The average Bonchev–Trinajstić information content (AvgIpc) is 2.75. The van der Waals surface area contributed by atoms with Crippen molar-refractivity contribution in [2.24, 2.45) is 0 Å². The van der Waals surface area contributed by atoms with Crippen LogP contribution in [0.3, 0.4) is 0 Å². The molecule has 0 saturated heterocycles. The minimum absolute atomic E-state index is 0.141. The van der Waals surface area contributed by atoms with E-state index >= 15 is 0 Å². The van der Waals surface area contributed by atoms with Crippen molar-refractivity contribution in [2.45, 2.75) is 31.7 Å². The summed E-state index contributed by atoms with van der Waals surface area (Å²) in [4.78, 5) is 12.9. The number of nitrogens with zero attached hydrogens (tertiary/aromatic N) is 1. The van der Waals surface area contributed by atoms with Crippen LogP contribution in [0.2, 0.25) is 0 Å². The van der Waals surface area contributed by atoms with Crippen LogP contribution in [0.5, 0.6) is 0 Å². The minimum atomic E-state index is -3.66. The summed E-state index contributed by atoms with van der Waals surface area (Å²) in [6.45, 7) is 6.00. The van der Waals surface area contributed by atoms with Crippen molar-refractivity contribution in [3.8, 4) is 0 Å². The molecule has 0 aromatic heterocycles. The predicted octanol–water partition coefficient (Wildman–Crippen LogP) is 4.62. The third-order valence-electron chi connectivity index (χ3n) is 5.14. The molecular formula is C24H26N2O3S. The van der Waals surface area contributed by atoms with Gasteiger partial charge in [0.2, 0.25) is 0 Å². The zero-order valence-electron chi connectivity index (χ0n) is 17.6. The molecule has 3 aromatic carbocycles. The Hall–Kier alpha value is -3.12. The number of amides is 1. The summed E-state index contributed by atoms with van der Waals surface area (Å²) in [5, 5.41) is 3.01. The number of carbonyl (C=O) groups excluding carboxylic acids is 1. The van der Waals surface area contributed by atoms with E-state index in [0.717, 1.165) is 16.7 Å². The van der Waals surface area contributed by atoms with Crippen LogP contribution in [-0.2, 0) is 10.0 Å². The van der Waals surface area contributed by atoms with E-state index in [1.54, 1.807) is 54.6 Å². The molecule has 1 N–H and O–H groups in total. The number of rotatable bonds is 6. The number of sulfonamides is 1. The van der Waals surface area contributed by atoms with E-state index in [0.29, 0.717) is 11.3 Å². The van der Waals surface area contributed by atoms with Crippen molar-refractivity contribution in [1.82, 2.24) is 5.32 Å². The van der Waals surface area contributed by atoms with Gasteiger partial charge in [-0.15, -0.1) is 0 Å². The van der Waals surface area contributed by atoms with Crippen molar-refractivity contribution in [1.29, 1.82) is 0 Å². The number of anilines is 1. The van der Waals surface area contributed by atoms with E-state index in [1.807, 2.05) is 32.9 Å². The van der Waals surface area contributed by atoms with E-state index in [-0.39, 0.29) is 16.8 Å². The molecule has 1 atom stereocenters. The molecule has 0 aliphatic rings. The van der Waals surface area contributed by atoms with Crippen LogP contribution < -0.4 is 9.62 Å². The second kappa shape index (κ2) is 8.71. The van der Waals surface area contributed by atoms with Crippen LogP contribution in [0.25, 0.3) is 0 Å². The molecule has 30 heavy (non-hydrogen) atoms. The Bertz CT molecular complexity index is 1140. The zero-order chi connectivity index (χ0) is 21.9. The minimum Gasteiger partial charge on any atom is -0.346 e. The van der Waals surface area contributed by atoms with Gasteiger partial charge in [0.15, 0.2) is 0 Å². The fourth-order valence-corrected chi connectivity index (χ4v) is 4.51. The number of hydrogen-bond acceptors (Lipinski definition) is 3. The summed E-state index contributed by atoms with van der Waals surface area (Å²) in [5.41, 5.74) is 4.30. The van der Waals surface area contributed by atoms with Crippen molar-refractivity contribution in [3.05, 3.63) is 95.1 Å². The Labute approximate surface area is 178 Å². The van der Waals surface area contributed by atoms with Gasteiger partial charge in [0.1, 0.15) is 0 Å². The Morgan fingerprint density at radius 3 is 2.20 bits per heavy atom. The molecule has 0 saturated carbocycles. The number of aryl methyl sites for hydroxylation is 2. The first kappa shape index (κ1) is 21.6. The van der Waals surface area contributed by atoms with Crippen molar-refractivity contribution in [3.63, 3.8) is 0 Å². The Kier molecular flexibility index (Phi) is 6.27. The third-order valence-corrected chi connectivity index (χ3v) is 6.94. The van der Waals surface area contributed by atoms with Gasteiger partial charge < -0.3 is 5.32 Å². The highest BCUT2D eigenvalue weighted by molar-refractivity contribution is 7.92. The van der Waals surface area contributed by atoms with E-state index in [2.05, 4.69) is 11.4 Å². The van der Waals surface area contributed by atoms with Crippen LogP contribution in [0.15, 0.2) is 77.7 Å². The smallest absolute Gasteiger partial charge is 0.264 e. The monoisotopic (exact) mass is 422 g/mol. The molecule has 0 unspecified atom stereocenters. The molecule has 0 spiro atoms. The van der Waals surface area contributed by atoms with Gasteiger partial charge in [-0.2, -0.15) is 0 Å². The standard InChI is InChI=1S/C24H26N2O3S/c1-17-10-11-18(2)23(16-17)19(3)25-24(27)20-12-14-21(15-13-20)26(4)30(28,29)22-8-6-5-7-9-22/h5-16,19H,1-4H3,(H,25,27)/t19-/m1/s1. The van der Waals surface area contributed by atoms with Crippen molar-refractivity contribution in [2.75, 3.05) is 11.4 Å². The summed E-state index contributed by atoms with van der Waals surface area (Å²) >= 11 is 0. The highest BCUT2D eigenvalue weighted by Gasteiger charge is 2.21. The van der Waals surface area contributed by atoms with Gasteiger partial charge in [-0.3, -0.25) is 9.10 Å². The molecule has 0 bridgehead atoms. The third kappa shape index (κ3) is 4.54. The first-order chi connectivity index (χ1) is 14.2. The number of carbonyl (C=O) groups is 1. The SMILES string of the molecule is Cc1ccc(C)c([C@@H](C)NC(=O)c2ccc(N(C)S(=O)(=O)c3ccccc3)cc2)c1. The number of hydrogen-bond donors (Lipinski definition) is 1. The normalized spacial score (nSPS) is 12.3. The molecule has 0 aliphatic heterocycles. The average molecular weight is 423 g/mol. The van der Waals surface area contributed by atoms with E-state index < -0.39 is 10.0 Å². The van der Waals surface area contributed by atoms with Gasteiger partial charge in [0.25, 0.3) is 15.9 Å². The summed E-state index contributed by atoms with van der Waals surface area (Å²) in [5.74, 6) is -0.205. The molecule has 3 aromatic rings. The second-order valence-electron chi connectivity index (χ2n) is 7.39. The van der Waals surface area contributed by atoms with Crippen LogP contribution in [-0.4, -0.2) is 21.4 Å². The van der Waals surface area contributed by atoms with Crippen molar-refractivity contribution < 1.29 is 13.2 Å². The zero-order valence-corrected chi connectivity index (χ0v) is 18.4. The highest BCUT2D eigenvalue weighted by atomic mass is 32.2. The van der Waals surface area contributed by atoms with Crippen LogP contribution in [0, 0.1) is 13.8 Å². The van der Waals surface area contributed by atoms with Crippen LogP contribution >= 0.6 is 0 Å². The highest BCUT2D eigenvalue weighted by Crippen LogP contribution is 2.23. The van der Waals surface area contributed by atoms with Gasteiger partial charge in [0, 0.05) is 12.6 Å². The predicted molar refractivity (Wildman–Crippen MR) is 120 cm³/mol.